The summed E-state index contributed by atoms with van der Waals surface area (Å²) in [6.45, 7) is 2.65. The Labute approximate surface area is 191 Å². The third-order valence-electron chi connectivity index (χ3n) is 6.03. The molecule has 2 heterocycles. The van der Waals surface area contributed by atoms with E-state index in [1.54, 1.807) is 0 Å². The first-order chi connectivity index (χ1) is 15.9. The van der Waals surface area contributed by atoms with Crippen LogP contribution in [0, 0.1) is 11.7 Å². The van der Waals surface area contributed by atoms with E-state index in [4.69, 9.17) is 5.11 Å². The number of carboxylic acid groups (broad SMARTS) is 1. The Hall–Kier alpha value is -3.58. The molecule has 2 aromatic carbocycles. The topological polar surface area (TPSA) is 91.3 Å². The Morgan fingerprint density at radius 1 is 1.18 bits per heavy atom. The molecule has 1 aromatic heterocycles. The lowest BCUT2D eigenvalue weighted by Gasteiger charge is -2.32. The lowest BCUT2D eigenvalue weighted by Crippen LogP contribution is -2.41. The summed E-state index contributed by atoms with van der Waals surface area (Å²) in [6, 6.07) is 18.4. The first kappa shape index (κ1) is 22.6. The van der Waals surface area contributed by atoms with Crippen LogP contribution in [0.25, 0.3) is 0 Å². The van der Waals surface area contributed by atoms with E-state index in [-0.39, 0.29) is 24.3 Å². The molecular weight excluding hydrogens is 421 g/mol. The number of anilines is 1. The van der Waals surface area contributed by atoms with Crippen molar-refractivity contribution in [2.45, 2.75) is 31.7 Å². The predicted molar refractivity (Wildman–Crippen MR) is 123 cm³/mol. The molecule has 0 fully saturated rings. The van der Waals surface area contributed by atoms with Gasteiger partial charge in [0.25, 0.3) is 0 Å². The van der Waals surface area contributed by atoms with Crippen molar-refractivity contribution >= 4 is 17.6 Å². The summed E-state index contributed by atoms with van der Waals surface area (Å²) in [4.78, 5) is 28.2. The van der Waals surface area contributed by atoms with Gasteiger partial charge in [0.2, 0.25) is 5.91 Å². The third kappa shape index (κ3) is 5.43. The van der Waals surface area contributed by atoms with Crippen LogP contribution in [-0.2, 0) is 22.4 Å². The summed E-state index contributed by atoms with van der Waals surface area (Å²) >= 11 is 0. The number of fused-ring (bicyclic) bond motifs is 1. The minimum atomic E-state index is -0.862. The van der Waals surface area contributed by atoms with Crippen molar-refractivity contribution in [3.8, 4) is 0 Å². The SMILES string of the molecule is C[C@H](CN[C@H](c1ccccc1)[C@@H]1Cc2ncc(F)cc2NC1=O)c1cccc(CC(=O)O)c1. The number of halogens is 1. The van der Waals surface area contributed by atoms with Gasteiger partial charge in [-0.3, -0.25) is 14.6 Å². The Kier molecular flexibility index (Phi) is 6.79. The molecule has 3 N–H and O–H groups in total. The van der Waals surface area contributed by atoms with Crippen LogP contribution in [0.2, 0.25) is 0 Å². The van der Waals surface area contributed by atoms with Crippen LogP contribution in [0.4, 0.5) is 10.1 Å². The monoisotopic (exact) mass is 447 g/mol. The number of carboxylic acids is 1. The van der Waals surface area contributed by atoms with Crippen LogP contribution in [0.15, 0.2) is 66.9 Å². The van der Waals surface area contributed by atoms with Gasteiger partial charge in [-0.1, -0.05) is 61.5 Å². The molecule has 0 saturated heterocycles. The Bertz CT molecular complexity index is 1150. The van der Waals surface area contributed by atoms with E-state index in [1.165, 1.54) is 12.3 Å². The highest BCUT2D eigenvalue weighted by Gasteiger charge is 2.34. The van der Waals surface area contributed by atoms with E-state index in [1.807, 2.05) is 54.6 Å². The molecule has 0 saturated carbocycles. The van der Waals surface area contributed by atoms with Gasteiger partial charge in [-0.15, -0.1) is 0 Å². The Balaban J connectivity index is 1.54. The largest absolute Gasteiger partial charge is 0.481 e. The van der Waals surface area contributed by atoms with Gasteiger partial charge in [0.05, 0.1) is 29.9 Å². The lowest BCUT2D eigenvalue weighted by molar-refractivity contribution is -0.136. The third-order valence-corrected chi connectivity index (χ3v) is 6.03. The number of aromatic nitrogens is 1. The van der Waals surface area contributed by atoms with Gasteiger partial charge < -0.3 is 15.7 Å². The van der Waals surface area contributed by atoms with E-state index in [9.17, 15) is 14.0 Å². The fraction of sp³-hybridized carbons (Fsp3) is 0.269. The molecule has 0 aliphatic carbocycles. The maximum Gasteiger partial charge on any atom is 0.307 e. The number of pyridine rings is 1. The highest BCUT2D eigenvalue weighted by molar-refractivity contribution is 5.95. The van der Waals surface area contributed by atoms with Crippen molar-refractivity contribution < 1.29 is 19.1 Å². The molecule has 7 heteroatoms. The quantitative estimate of drug-likeness (QED) is 0.484. The first-order valence-electron chi connectivity index (χ1n) is 10.9. The minimum absolute atomic E-state index is 0.0180. The summed E-state index contributed by atoms with van der Waals surface area (Å²) < 4.78 is 13.6. The maximum absolute atomic E-state index is 13.6. The molecule has 170 valence electrons. The van der Waals surface area contributed by atoms with E-state index >= 15 is 0 Å². The second kappa shape index (κ2) is 9.92. The second-order valence-electron chi connectivity index (χ2n) is 8.46. The van der Waals surface area contributed by atoms with Crippen LogP contribution >= 0.6 is 0 Å². The van der Waals surface area contributed by atoms with Crippen LogP contribution in [-0.4, -0.2) is 28.5 Å². The van der Waals surface area contributed by atoms with E-state index in [2.05, 4.69) is 22.5 Å². The van der Waals surface area contributed by atoms with Crippen LogP contribution in [0.3, 0.4) is 0 Å². The highest BCUT2D eigenvalue weighted by Crippen LogP contribution is 2.33. The first-order valence-corrected chi connectivity index (χ1v) is 10.9. The number of hydrogen-bond donors (Lipinski definition) is 3. The smallest absolute Gasteiger partial charge is 0.307 e. The van der Waals surface area contributed by atoms with Crippen LogP contribution in [0.1, 0.15) is 41.3 Å². The van der Waals surface area contributed by atoms with Gasteiger partial charge >= 0.3 is 5.97 Å². The number of benzene rings is 2. The molecule has 0 bridgehead atoms. The molecule has 4 rings (SSSR count). The standard InChI is InChI=1S/C26H26FN3O3/c1-16(19-9-5-6-17(10-19)11-24(31)32)14-29-25(18-7-3-2-4-8-18)21-13-22-23(30-26(21)33)12-20(27)15-28-22/h2-10,12,15-16,21,25,29H,11,13-14H2,1H3,(H,30,33)(H,31,32)/t16-,21+,25-/m1/s1. The maximum atomic E-state index is 13.6. The van der Waals surface area contributed by atoms with E-state index in [0.29, 0.717) is 24.3 Å². The number of aliphatic carboxylic acids is 1. The number of nitrogens with zero attached hydrogens (tertiary/aromatic N) is 1. The summed E-state index contributed by atoms with van der Waals surface area (Å²) in [5.74, 6) is -1.84. The van der Waals surface area contributed by atoms with Crippen molar-refractivity contribution in [3.63, 3.8) is 0 Å². The molecule has 6 nitrogen and oxygen atoms in total. The summed E-state index contributed by atoms with van der Waals surface area (Å²) in [5.41, 5.74) is 3.86. The van der Waals surface area contributed by atoms with Gasteiger partial charge in [0.15, 0.2) is 0 Å². The number of carbonyl (C=O) groups is 2. The number of rotatable bonds is 8. The average Bonchev–Trinajstić information content (AvgIpc) is 2.80. The highest BCUT2D eigenvalue weighted by atomic mass is 19.1. The van der Waals surface area contributed by atoms with Gasteiger partial charge in [0, 0.05) is 25.1 Å². The normalized spacial score (nSPS) is 17.0. The predicted octanol–water partition coefficient (Wildman–Crippen LogP) is 4.09. The molecule has 3 atom stereocenters. The van der Waals surface area contributed by atoms with Crippen LogP contribution in [0.5, 0.6) is 0 Å². The molecule has 3 aromatic rings. The van der Waals surface area contributed by atoms with Gasteiger partial charge in [0.1, 0.15) is 5.82 Å². The number of amides is 1. The van der Waals surface area contributed by atoms with Gasteiger partial charge in [-0.25, -0.2) is 4.39 Å². The van der Waals surface area contributed by atoms with Crippen molar-refractivity contribution in [1.82, 2.24) is 10.3 Å². The fourth-order valence-corrected chi connectivity index (χ4v) is 4.29. The molecule has 0 radical (unpaired) electrons. The molecule has 33 heavy (non-hydrogen) atoms. The van der Waals surface area contributed by atoms with Gasteiger partial charge in [-0.05, 0) is 22.6 Å². The fourth-order valence-electron chi connectivity index (χ4n) is 4.29. The zero-order valence-corrected chi connectivity index (χ0v) is 18.3. The zero-order chi connectivity index (χ0) is 23.4. The number of carbonyl (C=O) groups excluding carboxylic acids is 1. The molecule has 0 unspecified atom stereocenters. The van der Waals surface area contributed by atoms with Crippen molar-refractivity contribution in [1.29, 1.82) is 0 Å². The van der Waals surface area contributed by atoms with Crippen molar-refractivity contribution in [2.75, 3.05) is 11.9 Å². The number of hydrogen-bond acceptors (Lipinski definition) is 4. The molecule has 1 amide bonds. The molecular formula is C26H26FN3O3. The summed E-state index contributed by atoms with van der Waals surface area (Å²) in [6.07, 6.45) is 1.55. The Morgan fingerprint density at radius 2 is 1.94 bits per heavy atom. The lowest BCUT2D eigenvalue weighted by atomic mass is 9.85. The average molecular weight is 448 g/mol. The van der Waals surface area contributed by atoms with Gasteiger partial charge in [-0.2, -0.15) is 0 Å². The molecule has 1 aliphatic rings. The van der Waals surface area contributed by atoms with Crippen molar-refractivity contribution in [3.05, 3.63) is 95.1 Å². The van der Waals surface area contributed by atoms with E-state index in [0.717, 1.165) is 16.7 Å². The van der Waals surface area contributed by atoms with E-state index < -0.39 is 17.7 Å². The summed E-state index contributed by atoms with van der Waals surface area (Å²) in [7, 11) is 0. The minimum Gasteiger partial charge on any atom is -0.481 e. The second-order valence-corrected chi connectivity index (χ2v) is 8.46. The molecule has 1 aliphatic heterocycles. The summed E-state index contributed by atoms with van der Waals surface area (Å²) in [5, 5.41) is 15.4. The van der Waals surface area contributed by atoms with Crippen LogP contribution < -0.4 is 10.6 Å². The number of nitrogens with one attached hydrogen (secondary N) is 2. The Morgan fingerprint density at radius 3 is 2.70 bits per heavy atom. The van der Waals surface area contributed by atoms with Crippen molar-refractivity contribution in [2.24, 2.45) is 5.92 Å². The zero-order valence-electron chi connectivity index (χ0n) is 18.3. The molecule has 0 spiro atoms.